The topological polar surface area (TPSA) is 70.6 Å². The van der Waals surface area contributed by atoms with E-state index in [1.165, 1.54) is 0 Å². The Labute approximate surface area is 105 Å². The second-order valence-electron chi connectivity index (χ2n) is 4.87. The first kappa shape index (κ1) is 16.2. The summed E-state index contributed by atoms with van der Waals surface area (Å²) in [5.41, 5.74) is -0.0926. The molecule has 17 heavy (non-hydrogen) atoms. The van der Waals surface area contributed by atoms with Crippen LogP contribution in [0.1, 0.15) is 34.6 Å². The van der Waals surface area contributed by atoms with Gasteiger partial charge in [0.15, 0.2) is 15.8 Å². The largest absolute Gasteiger partial charge is 0.357 e. The Morgan fingerprint density at radius 1 is 1.24 bits per heavy atom. The van der Waals surface area contributed by atoms with E-state index in [1.54, 1.807) is 6.92 Å². The standard InChI is InChI=1S/C11H25N3O2S/c1-6-12-10(14-11(3,4)5)13-8-9-17(15,16)7-2/h6-9H2,1-5H3,(H2,12,13,14). The van der Waals surface area contributed by atoms with Gasteiger partial charge in [-0.1, -0.05) is 6.92 Å². The van der Waals surface area contributed by atoms with Gasteiger partial charge in [0, 0.05) is 17.8 Å². The van der Waals surface area contributed by atoms with Gasteiger partial charge in [-0.25, -0.2) is 8.42 Å². The quantitative estimate of drug-likeness (QED) is 0.568. The van der Waals surface area contributed by atoms with Gasteiger partial charge in [-0.15, -0.1) is 0 Å². The first-order valence-electron chi connectivity index (χ1n) is 5.97. The lowest BCUT2D eigenvalue weighted by molar-refractivity contribution is 0.502. The van der Waals surface area contributed by atoms with Crippen LogP contribution in [0.25, 0.3) is 0 Å². The van der Waals surface area contributed by atoms with Crippen molar-refractivity contribution in [1.82, 2.24) is 10.6 Å². The third-order valence-electron chi connectivity index (χ3n) is 1.95. The van der Waals surface area contributed by atoms with Gasteiger partial charge in [-0.05, 0) is 27.7 Å². The number of hydrogen-bond acceptors (Lipinski definition) is 3. The van der Waals surface area contributed by atoms with E-state index in [9.17, 15) is 8.42 Å². The van der Waals surface area contributed by atoms with Crippen molar-refractivity contribution >= 4 is 15.8 Å². The van der Waals surface area contributed by atoms with Crippen molar-refractivity contribution in [1.29, 1.82) is 0 Å². The minimum atomic E-state index is -2.94. The summed E-state index contributed by atoms with van der Waals surface area (Å²) in [6.07, 6.45) is 0. The number of nitrogens with zero attached hydrogens (tertiary/aromatic N) is 1. The Kier molecular flexibility index (Phi) is 6.52. The summed E-state index contributed by atoms with van der Waals surface area (Å²) < 4.78 is 22.6. The summed E-state index contributed by atoms with van der Waals surface area (Å²) in [5.74, 6) is 0.932. The molecule has 0 saturated heterocycles. The van der Waals surface area contributed by atoms with E-state index in [1.807, 2.05) is 27.7 Å². The molecule has 0 aromatic carbocycles. The van der Waals surface area contributed by atoms with Crippen molar-refractivity contribution in [2.45, 2.75) is 40.2 Å². The molecule has 5 nitrogen and oxygen atoms in total. The van der Waals surface area contributed by atoms with Gasteiger partial charge in [0.1, 0.15) is 0 Å². The first-order chi connectivity index (χ1) is 7.70. The first-order valence-corrected chi connectivity index (χ1v) is 7.79. The van der Waals surface area contributed by atoms with Crippen LogP contribution in [0.3, 0.4) is 0 Å². The Hall–Kier alpha value is -0.780. The molecule has 0 heterocycles. The van der Waals surface area contributed by atoms with E-state index in [4.69, 9.17) is 0 Å². The normalized spacial score (nSPS) is 13.6. The summed E-state index contributed by atoms with van der Waals surface area (Å²) in [6.45, 7) is 10.8. The van der Waals surface area contributed by atoms with Crippen molar-refractivity contribution in [3.05, 3.63) is 0 Å². The van der Waals surface area contributed by atoms with Crippen LogP contribution in [0.15, 0.2) is 4.99 Å². The van der Waals surface area contributed by atoms with Crippen LogP contribution in [-0.4, -0.2) is 44.5 Å². The fraction of sp³-hybridized carbons (Fsp3) is 0.909. The highest BCUT2D eigenvalue weighted by molar-refractivity contribution is 7.91. The number of guanidine groups is 1. The van der Waals surface area contributed by atoms with Gasteiger partial charge in [0.2, 0.25) is 0 Å². The van der Waals surface area contributed by atoms with Crippen molar-refractivity contribution in [3.8, 4) is 0 Å². The van der Waals surface area contributed by atoms with E-state index in [2.05, 4.69) is 15.6 Å². The second-order valence-corrected chi connectivity index (χ2v) is 7.34. The minimum Gasteiger partial charge on any atom is -0.357 e. The Morgan fingerprint density at radius 3 is 2.24 bits per heavy atom. The maximum Gasteiger partial charge on any atom is 0.191 e. The molecule has 0 aliphatic rings. The molecular formula is C11H25N3O2S. The predicted molar refractivity (Wildman–Crippen MR) is 73.2 cm³/mol. The fourth-order valence-electron chi connectivity index (χ4n) is 1.10. The van der Waals surface area contributed by atoms with Crippen molar-refractivity contribution in [2.75, 3.05) is 24.6 Å². The lowest BCUT2D eigenvalue weighted by Crippen LogP contribution is -2.47. The van der Waals surface area contributed by atoms with Crippen LogP contribution in [0.5, 0.6) is 0 Å². The van der Waals surface area contributed by atoms with Crippen molar-refractivity contribution < 1.29 is 8.42 Å². The summed E-state index contributed by atoms with van der Waals surface area (Å²) in [4.78, 5) is 4.25. The molecule has 6 heteroatoms. The molecule has 0 saturated carbocycles. The zero-order valence-corrected chi connectivity index (χ0v) is 12.3. The van der Waals surface area contributed by atoms with Crippen LogP contribution in [0, 0.1) is 0 Å². The molecule has 0 atom stereocenters. The second kappa shape index (κ2) is 6.83. The highest BCUT2D eigenvalue weighted by Gasteiger charge is 2.12. The van der Waals surface area contributed by atoms with E-state index in [-0.39, 0.29) is 17.0 Å². The molecule has 0 rings (SSSR count). The maximum atomic E-state index is 11.3. The smallest absolute Gasteiger partial charge is 0.191 e. The molecule has 0 aliphatic heterocycles. The van der Waals surface area contributed by atoms with Gasteiger partial charge >= 0.3 is 0 Å². The molecule has 2 N–H and O–H groups in total. The Balaban J connectivity index is 4.41. The third-order valence-corrected chi connectivity index (χ3v) is 3.63. The monoisotopic (exact) mass is 263 g/mol. The van der Waals surface area contributed by atoms with E-state index < -0.39 is 9.84 Å². The molecule has 0 aromatic rings. The van der Waals surface area contributed by atoms with Crippen LogP contribution >= 0.6 is 0 Å². The van der Waals surface area contributed by atoms with Gasteiger partial charge in [0.25, 0.3) is 0 Å². The molecule has 0 amide bonds. The molecule has 102 valence electrons. The summed E-state index contributed by atoms with van der Waals surface area (Å²) in [6, 6.07) is 0. The van der Waals surface area contributed by atoms with E-state index >= 15 is 0 Å². The van der Waals surface area contributed by atoms with Crippen LogP contribution < -0.4 is 10.6 Å². The molecule has 0 aromatic heterocycles. The highest BCUT2D eigenvalue weighted by Crippen LogP contribution is 1.98. The summed E-state index contributed by atoms with van der Waals surface area (Å²) in [5, 5.41) is 6.29. The Bertz CT molecular complexity index is 342. The number of nitrogens with one attached hydrogen (secondary N) is 2. The molecule has 0 radical (unpaired) electrons. The number of rotatable bonds is 5. The van der Waals surface area contributed by atoms with E-state index in [0.29, 0.717) is 12.5 Å². The van der Waals surface area contributed by atoms with E-state index in [0.717, 1.165) is 6.54 Å². The molecule has 0 bridgehead atoms. The lowest BCUT2D eigenvalue weighted by atomic mass is 10.1. The van der Waals surface area contributed by atoms with Gasteiger partial charge < -0.3 is 10.6 Å². The maximum absolute atomic E-state index is 11.3. The van der Waals surface area contributed by atoms with Gasteiger partial charge in [0.05, 0.1) is 12.3 Å². The van der Waals surface area contributed by atoms with Crippen molar-refractivity contribution in [2.24, 2.45) is 4.99 Å². The molecule has 0 fully saturated rings. The summed E-state index contributed by atoms with van der Waals surface area (Å²) >= 11 is 0. The average Bonchev–Trinajstić information content (AvgIpc) is 2.15. The minimum absolute atomic E-state index is 0.0926. The number of sulfone groups is 1. The number of hydrogen-bond donors (Lipinski definition) is 2. The Morgan fingerprint density at radius 2 is 1.82 bits per heavy atom. The molecular weight excluding hydrogens is 238 g/mol. The SMILES string of the molecule is CCNC(=NCCS(=O)(=O)CC)NC(C)(C)C. The van der Waals surface area contributed by atoms with Crippen LogP contribution in [0.4, 0.5) is 0 Å². The highest BCUT2D eigenvalue weighted by atomic mass is 32.2. The predicted octanol–water partition coefficient (Wildman–Crippen LogP) is 0.775. The summed E-state index contributed by atoms with van der Waals surface area (Å²) in [7, 11) is -2.94. The third kappa shape index (κ3) is 8.97. The van der Waals surface area contributed by atoms with Gasteiger partial charge in [-0.3, -0.25) is 4.99 Å². The lowest BCUT2D eigenvalue weighted by Gasteiger charge is -2.23. The van der Waals surface area contributed by atoms with Gasteiger partial charge in [-0.2, -0.15) is 0 Å². The fourth-order valence-corrected chi connectivity index (χ4v) is 1.76. The zero-order chi connectivity index (χ0) is 13.5. The van der Waals surface area contributed by atoms with Crippen LogP contribution in [0.2, 0.25) is 0 Å². The molecule has 0 spiro atoms. The van der Waals surface area contributed by atoms with Crippen molar-refractivity contribution in [3.63, 3.8) is 0 Å². The zero-order valence-electron chi connectivity index (χ0n) is 11.5. The number of aliphatic imine (C=N–C) groups is 1. The molecule has 0 aliphatic carbocycles. The molecule has 0 unspecified atom stereocenters. The average molecular weight is 263 g/mol. The van der Waals surface area contributed by atoms with Crippen LogP contribution in [-0.2, 0) is 9.84 Å².